The average molecular weight is 400 g/mol. The van der Waals surface area contributed by atoms with Crippen molar-refractivity contribution >= 4 is 35.8 Å². The SMILES string of the molecule is CCOC(=O)C1=C(C)Nc2nc(=S)[nH]c(N)c2C1c1ccc(C(=O)OC)cc1. The third-order valence-electron chi connectivity index (χ3n) is 4.45. The molecule has 1 unspecified atom stereocenters. The van der Waals surface area contributed by atoms with Crippen molar-refractivity contribution in [1.29, 1.82) is 0 Å². The maximum atomic E-state index is 12.7. The van der Waals surface area contributed by atoms with Gasteiger partial charge >= 0.3 is 11.9 Å². The Morgan fingerprint density at radius 2 is 1.93 bits per heavy atom. The number of allylic oxidation sites excluding steroid dienone is 1. The molecule has 1 aliphatic heterocycles. The molecule has 0 aliphatic carbocycles. The number of aromatic amines is 1. The van der Waals surface area contributed by atoms with E-state index in [1.54, 1.807) is 38.1 Å². The number of fused-ring (bicyclic) bond motifs is 1. The maximum absolute atomic E-state index is 12.7. The highest BCUT2D eigenvalue weighted by Crippen LogP contribution is 2.43. The van der Waals surface area contributed by atoms with E-state index in [2.05, 4.69) is 15.3 Å². The second-order valence-electron chi connectivity index (χ2n) is 6.15. The molecule has 0 bridgehead atoms. The first-order valence-electron chi connectivity index (χ1n) is 8.60. The number of nitrogens with zero attached hydrogens (tertiary/aromatic N) is 1. The van der Waals surface area contributed by atoms with E-state index >= 15 is 0 Å². The molecule has 0 fully saturated rings. The molecule has 3 rings (SSSR count). The zero-order valence-electron chi connectivity index (χ0n) is 15.7. The molecule has 2 aromatic rings. The first kappa shape index (κ1) is 19.6. The number of ether oxygens (including phenoxy) is 2. The van der Waals surface area contributed by atoms with Gasteiger partial charge in [-0.05, 0) is 43.8 Å². The van der Waals surface area contributed by atoms with E-state index in [0.717, 1.165) is 5.56 Å². The van der Waals surface area contributed by atoms with Gasteiger partial charge in [-0.15, -0.1) is 0 Å². The van der Waals surface area contributed by atoms with Gasteiger partial charge in [-0.1, -0.05) is 12.1 Å². The van der Waals surface area contributed by atoms with Crippen LogP contribution >= 0.6 is 12.2 Å². The molecule has 146 valence electrons. The second-order valence-corrected chi connectivity index (χ2v) is 6.54. The molecule has 28 heavy (non-hydrogen) atoms. The summed E-state index contributed by atoms with van der Waals surface area (Å²) in [5, 5.41) is 3.10. The summed E-state index contributed by atoms with van der Waals surface area (Å²) in [5.74, 6) is -0.657. The van der Waals surface area contributed by atoms with Crippen molar-refractivity contribution in [2.75, 3.05) is 24.8 Å². The Balaban J connectivity index is 2.20. The van der Waals surface area contributed by atoms with E-state index in [-0.39, 0.29) is 11.4 Å². The molecular weight excluding hydrogens is 380 g/mol. The van der Waals surface area contributed by atoms with Gasteiger partial charge in [0.05, 0.1) is 30.8 Å². The summed E-state index contributed by atoms with van der Waals surface area (Å²) < 4.78 is 10.2. The normalized spacial score (nSPS) is 15.5. The van der Waals surface area contributed by atoms with Crippen LogP contribution in [0.2, 0.25) is 0 Å². The molecule has 0 spiro atoms. The Hall–Kier alpha value is -3.20. The summed E-state index contributed by atoms with van der Waals surface area (Å²) in [6.45, 7) is 3.75. The minimum absolute atomic E-state index is 0.232. The number of H-pyrrole nitrogens is 1. The van der Waals surface area contributed by atoms with Crippen molar-refractivity contribution in [3.63, 3.8) is 0 Å². The number of nitrogens with one attached hydrogen (secondary N) is 2. The smallest absolute Gasteiger partial charge is 0.337 e. The second kappa shape index (κ2) is 7.81. The zero-order chi connectivity index (χ0) is 20.4. The standard InChI is InChI=1S/C19H20N4O4S/c1-4-27-18(25)12-9(2)21-16-14(15(20)22-19(28)23-16)13(12)10-5-7-11(8-6-10)17(24)26-3/h5-8,13H,4H2,1-3H3,(H4,20,21,22,23,28). The van der Waals surface area contributed by atoms with Crippen LogP contribution in [0.15, 0.2) is 35.5 Å². The van der Waals surface area contributed by atoms with Crippen LogP contribution < -0.4 is 11.1 Å². The van der Waals surface area contributed by atoms with Crippen molar-refractivity contribution in [3.05, 3.63) is 57.0 Å². The average Bonchev–Trinajstić information content (AvgIpc) is 2.66. The van der Waals surface area contributed by atoms with Crippen LogP contribution in [0.25, 0.3) is 0 Å². The lowest BCUT2D eigenvalue weighted by atomic mass is 9.81. The van der Waals surface area contributed by atoms with Gasteiger partial charge in [0.25, 0.3) is 0 Å². The fourth-order valence-corrected chi connectivity index (χ4v) is 3.44. The number of anilines is 2. The number of methoxy groups -OCH3 is 1. The molecule has 0 radical (unpaired) electrons. The molecule has 2 heterocycles. The van der Waals surface area contributed by atoms with E-state index in [4.69, 9.17) is 27.4 Å². The number of nitrogens with two attached hydrogens (primary N) is 1. The number of hydrogen-bond acceptors (Lipinski definition) is 8. The first-order chi connectivity index (χ1) is 13.4. The Labute approximate surface area is 166 Å². The third-order valence-corrected chi connectivity index (χ3v) is 4.64. The van der Waals surface area contributed by atoms with Crippen LogP contribution in [-0.2, 0) is 14.3 Å². The van der Waals surface area contributed by atoms with Crippen molar-refractivity contribution in [3.8, 4) is 0 Å². The number of rotatable bonds is 4. The molecule has 8 nitrogen and oxygen atoms in total. The highest BCUT2D eigenvalue weighted by Gasteiger charge is 2.35. The summed E-state index contributed by atoms with van der Waals surface area (Å²) >= 11 is 5.11. The minimum Gasteiger partial charge on any atom is -0.465 e. The van der Waals surface area contributed by atoms with Crippen LogP contribution in [0, 0.1) is 4.77 Å². The molecule has 9 heteroatoms. The lowest BCUT2D eigenvalue weighted by molar-refractivity contribution is -0.138. The Morgan fingerprint density at radius 1 is 1.25 bits per heavy atom. The predicted molar refractivity (Wildman–Crippen MR) is 106 cm³/mol. The first-order valence-corrected chi connectivity index (χ1v) is 9.01. The summed E-state index contributed by atoms with van der Waals surface area (Å²) in [5.41, 5.74) is 8.95. The Morgan fingerprint density at radius 3 is 2.54 bits per heavy atom. The van der Waals surface area contributed by atoms with Gasteiger partial charge in [0.15, 0.2) is 4.77 Å². The van der Waals surface area contributed by atoms with Gasteiger partial charge in [0.1, 0.15) is 11.6 Å². The van der Waals surface area contributed by atoms with Crippen LogP contribution in [0.5, 0.6) is 0 Å². The van der Waals surface area contributed by atoms with Gasteiger partial charge in [0.2, 0.25) is 0 Å². The van der Waals surface area contributed by atoms with E-state index in [1.165, 1.54) is 7.11 Å². The summed E-state index contributed by atoms with van der Waals surface area (Å²) in [4.78, 5) is 31.6. The molecule has 1 aromatic heterocycles. The lowest BCUT2D eigenvalue weighted by Gasteiger charge is -2.30. The molecule has 4 N–H and O–H groups in total. The number of aromatic nitrogens is 2. The fourth-order valence-electron chi connectivity index (χ4n) is 3.24. The van der Waals surface area contributed by atoms with Crippen molar-refractivity contribution < 1.29 is 19.1 Å². The van der Waals surface area contributed by atoms with Gasteiger partial charge in [-0.25, -0.2) is 14.6 Å². The number of carbonyl (C=O) groups excluding carboxylic acids is 2. The molecule has 1 atom stereocenters. The lowest BCUT2D eigenvalue weighted by Crippen LogP contribution is -2.26. The minimum atomic E-state index is -0.540. The number of carbonyl (C=O) groups is 2. The van der Waals surface area contributed by atoms with E-state index in [0.29, 0.717) is 34.0 Å². The van der Waals surface area contributed by atoms with Gasteiger partial charge in [0, 0.05) is 11.3 Å². The van der Waals surface area contributed by atoms with Crippen LogP contribution in [0.1, 0.15) is 41.3 Å². The number of hydrogen-bond donors (Lipinski definition) is 3. The summed E-state index contributed by atoms with van der Waals surface area (Å²) in [6.07, 6.45) is 0. The van der Waals surface area contributed by atoms with E-state index in [1.807, 2.05) is 0 Å². The van der Waals surface area contributed by atoms with E-state index < -0.39 is 17.9 Å². The molecule has 0 saturated heterocycles. The van der Waals surface area contributed by atoms with Crippen LogP contribution in [0.4, 0.5) is 11.6 Å². The van der Waals surface area contributed by atoms with Crippen LogP contribution in [-0.4, -0.2) is 35.6 Å². The zero-order valence-corrected chi connectivity index (χ0v) is 16.5. The number of nitrogen functional groups attached to an aromatic ring is 1. The van der Waals surface area contributed by atoms with Gasteiger partial charge in [-0.3, -0.25) is 0 Å². The molecule has 0 saturated carbocycles. The maximum Gasteiger partial charge on any atom is 0.337 e. The fraction of sp³-hybridized carbons (Fsp3) is 0.263. The Kier molecular flexibility index (Phi) is 5.46. The molecule has 1 aromatic carbocycles. The number of benzene rings is 1. The quantitative estimate of drug-likeness (QED) is 0.529. The van der Waals surface area contributed by atoms with Crippen LogP contribution in [0.3, 0.4) is 0 Å². The summed E-state index contributed by atoms with van der Waals surface area (Å²) in [7, 11) is 1.32. The topological polar surface area (TPSA) is 119 Å². The largest absolute Gasteiger partial charge is 0.465 e. The third kappa shape index (κ3) is 3.48. The predicted octanol–water partition coefficient (Wildman–Crippen LogP) is 2.90. The highest BCUT2D eigenvalue weighted by molar-refractivity contribution is 7.71. The Bertz CT molecular complexity index is 1030. The monoisotopic (exact) mass is 400 g/mol. The highest BCUT2D eigenvalue weighted by atomic mass is 32.1. The molecular formula is C19H20N4O4S. The van der Waals surface area contributed by atoms with Crippen molar-refractivity contribution in [2.45, 2.75) is 19.8 Å². The van der Waals surface area contributed by atoms with Crippen molar-refractivity contribution in [2.24, 2.45) is 0 Å². The van der Waals surface area contributed by atoms with Gasteiger partial charge < -0.3 is 25.5 Å². The van der Waals surface area contributed by atoms with E-state index in [9.17, 15) is 9.59 Å². The number of esters is 2. The van der Waals surface area contributed by atoms with Gasteiger partial charge in [-0.2, -0.15) is 0 Å². The molecule has 0 amide bonds. The molecule has 1 aliphatic rings. The van der Waals surface area contributed by atoms with Crippen molar-refractivity contribution in [1.82, 2.24) is 9.97 Å². The summed E-state index contributed by atoms with van der Waals surface area (Å²) in [6, 6.07) is 6.77.